The van der Waals surface area contributed by atoms with E-state index in [1.54, 1.807) is 0 Å². The van der Waals surface area contributed by atoms with Crippen LogP contribution >= 0.6 is 0 Å². The summed E-state index contributed by atoms with van der Waals surface area (Å²) in [6.07, 6.45) is 1.51. The molecule has 23 heavy (non-hydrogen) atoms. The average Bonchev–Trinajstić information content (AvgIpc) is 2.73. The lowest BCUT2D eigenvalue weighted by Crippen LogP contribution is -2.43. The predicted octanol–water partition coefficient (Wildman–Crippen LogP) is 1.51. The van der Waals surface area contributed by atoms with Gasteiger partial charge in [-0.2, -0.15) is 0 Å². The molecule has 0 aromatic heterocycles. The van der Waals surface area contributed by atoms with Crippen LogP contribution < -0.4 is 0 Å². The molecule has 1 aliphatic heterocycles. The fraction of sp³-hybridized carbons (Fsp3) is 0.611. The molecule has 1 fully saturated rings. The Balaban J connectivity index is 1.95. The fourth-order valence-corrected chi connectivity index (χ4v) is 3.00. The Morgan fingerprint density at radius 3 is 2.74 bits per heavy atom. The number of carbonyl (C=O) groups is 1. The van der Waals surface area contributed by atoms with Gasteiger partial charge in [0.2, 0.25) is 5.91 Å². The number of amides is 1. The SMILES string of the molecule is CC[C@H]1CN(CCOCCO)CCC(=O)N1Cc1ccccc1. The van der Waals surface area contributed by atoms with Gasteiger partial charge in [-0.15, -0.1) is 0 Å². The zero-order chi connectivity index (χ0) is 16.5. The van der Waals surface area contributed by atoms with Crippen molar-refractivity contribution in [1.82, 2.24) is 9.80 Å². The zero-order valence-electron chi connectivity index (χ0n) is 14.0. The summed E-state index contributed by atoms with van der Waals surface area (Å²) in [6, 6.07) is 10.4. The summed E-state index contributed by atoms with van der Waals surface area (Å²) < 4.78 is 5.35. The van der Waals surface area contributed by atoms with E-state index in [9.17, 15) is 4.79 Å². The molecule has 1 aliphatic rings. The monoisotopic (exact) mass is 320 g/mol. The molecule has 1 N–H and O–H groups in total. The number of aliphatic hydroxyl groups is 1. The van der Waals surface area contributed by atoms with Crippen molar-refractivity contribution in [3.63, 3.8) is 0 Å². The lowest BCUT2D eigenvalue weighted by atomic mass is 10.1. The van der Waals surface area contributed by atoms with E-state index >= 15 is 0 Å². The van der Waals surface area contributed by atoms with Crippen molar-refractivity contribution in [2.24, 2.45) is 0 Å². The van der Waals surface area contributed by atoms with E-state index in [1.165, 1.54) is 5.56 Å². The van der Waals surface area contributed by atoms with Gasteiger partial charge in [0.05, 0.1) is 19.8 Å². The number of nitrogens with zero attached hydrogens (tertiary/aromatic N) is 2. The van der Waals surface area contributed by atoms with Crippen molar-refractivity contribution in [1.29, 1.82) is 0 Å². The first-order valence-corrected chi connectivity index (χ1v) is 8.49. The van der Waals surface area contributed by atoms with Crippen LogP contribution in [0, 0.1) is 0 Å². The van der Waals surface area contributed by atoms with Crippen LogP contribution in [0.3, 0.4) is 0 Å². The third kappa shape index (κ3) is 5.61. The Morgan fingerprint density at radius 1 is 1.26 bits per heavy atom. The summed E-state index contributed by atoms with van der Waals surface area (Å²) in [5.41, 5.74) is 1.18. The highest BCUT2D eigenvalue weighted by Gasteiger charge is 2.28. The van der Waals surface area contributed by atoms with Gasteiger partial charge in [0.15, 0.2) is 0 Å². The van der Waals surface area contributed by atoms with E-state index in [2.05, 4.69) is 24.0 Å². The molecule has 5 heteroatoms. The standard InChI is InChI=1S/C18H28N2O3/c1-2-17-15-19(10-12-23-13-11-21)9-8-18(22)20(17)14-16-6-4-3-5-7-16/h3-7,17,21H,2,8-15H2,1H3/t17-/m0/s1. The third-order valence-corrected chi connectivity index (χ3v) is 4.33. The second kappa shape index (κ2) is 9.65. The van der Waals surface area contributed by atoms with E-state index < -0.39 is 0 Å². The fourth-order valence-electron chi connectivity index (χ4n) is 3.00. The minimum atomic E-state index is 0.0565. The number of rotatable bonds is 8. The van der Waals surface area contributed by atoms with E-state index in [0.717, 1.165) is 26.1 Å². The molecule has 1 amide bonds. The van der Waals surface area contributed by atoms with Crippen LogP contribution in [0.1, 0.15) is 25.3 Å². The number of carbonyl (C=O) groups excluding carboxylic acids is 1. The van der Waals surface area contributed by atoms with Gasteiger partial charge < -0.3 is 14.7 Å². The Bertz CT molecular complexity index is 467. The molecule has 0 saturated carbocycles. The number of benzene rings is 1. The van der Waals surface area contributed by atoms with E-state index in [-0.39, 0.29) is 18.6 Å². The summed E-state index contributed by atoms with van der Waals surface area (Å²) in [5.74, 6) is 0.236. The summed E-state index contributed by atoms with van der Waals surface area (Å²) in [7, 11) is 0. The molecular weight excluding hydrogens is 292 g/mol. The highest BCUT2D eigenvalue weighted by molar-refractivity contribution is 5.77. The van der Waals surface area contributed by atoms with Crippen LogP contribution in [-0.4, -0.2) is 66.3 Å². The number of hydrogen-bond donors (Lipinski definition) is 1. The first-order chi connectivity index (χ1) is 11.2. The largest absolute Gasteiger partial charge is 0.394 e. The molecular formula is C18H28N2O3. The van der Waals surface area contributed by atoms with Gasteiger partial charge >= 0.3 is 0 Å². The third-order valence-electron chi connectivity index (χ3n) is 4.33. The van der Waals surface area contributed by atoms with Gasteiger partial charge in [-0.1, -0.05) is 37.3 Å². The Hall–Kier alpha value is -1.43. The van der Waals surface area contributed by atoms with Crippen molar-refractivity contribution in [3.05, 3.63) is 35.9 Å². The molecule has 1 heterocycles. The maximum Gasteiger partial charge on any atom is 0.224 e. The summed E-state index contributed by atoms with van der Waals surface area (Å²) in [4.78, 5) is 16.9. The molecule has 0 radical (unpaired) electrons. The van der Waals surface area contributed by atoms with Crippen molar-refractivity contribution >= 4 is 5.91 Å². The predicted molar refractivity (Wildman–Crippen MR) is 90.0 cm³/mol. The Morgan fingerprint density at radius 2 is 2.04 bits per heavy atom. The molecule has 0 spiro atoms. The van der Waals surface area contributed by atoms with Gasteiger partial charge in [0.25, 0.3) is 0 Å². The van der Waals surface area contributed by atoms with E-state index in [4.69, 9.17) is 9.84 Å². The highest BCUT2D eigenvalue weighted by Crippen LogP contribution is 2.17. The molecule has 128 valence electrons. The van der Waals surface area contributed by atoms with Crippen LogP contribution in [0.4, 0.5) is 0 Å². The van der Waals surface area contributed by atoms with Crippen LogP contribution in [0.5, 0.6) is 0 Å². The summed E-state index contributed by atoms with van der Waals surface area (Å²) in [5, 5.41) is 8.75. The molecule has 5 nitrogen and oxygen atoms in total. The normalized spacial score (nSPS) is 19.8. The molecule has 0 aliphatic carbocycles. The first kappa shape index (κ1) is 17.9. The maximum atomic E-state index is 12.5. The topological polar surface area (TPSA) is 53.0 Å². The zero-order valence-corrected chi connectivity index (χ0v) is 14.0. The molecule has 1 aromatic rings. The highest BCUT2D eigenvalue weighted by atomic mass is 16.5. The van der Waals surface area contributed by atoms with Gasteiger partial charge in [-0.25, -0.2) is 0 Å². The molecule has 0 unspecified atom stereocenters. The molecule has 1 atom stereocenters. The lowest BCUT2D eigenvalue weighted by molar-refractivity contribution is -0.133. The van der Waals surface area contributed by atoms with Crippen molar-refractivity contribution in [3.8, 4) is 0 Å². The number of hydrogen-bond acceptors (Lipinski definition) is 4. The smallest absolute Gasteiger partial charge is 0.224 e. The van der Waals surface area contributed by atoms with Crippen molar-refractivity contribution in [2.45, 2.75) is 32.4 Å². The maximum absolute atomic E-state index is 12.5. The van der Waals surface area contributed by atoms with Crippen LogP contribution in [0.15, 0.2) is 30.3 Å². The van der Waals surface area contributed by atoms with Gasteiger partial charge in [0.1, 0.15) is 0 Å². The minimum absolute atomic E-state index is 0.0565. The quantitative estimate of drug-likeness (QED) is 0.738. The average molecular weight is 320 g/mol. The van der Waals surface area contributed by atoms with Crippen molar-refractivity contribution < 1.29 is 14.6 Å². The van der Waals surface area contributed by atoms with E-state index in [1.807, 2.05) is 23.1 Å². The second-order valence-corrected chi connectivity index (χ2v) is 5.96. The lowest BCUT2D eigenvalue weighted by Gasteiger charge is -2.31. The second-order valence-electron chi connectivity index (χ2n) is 5.96. The molecule has 2 rings (SSSR count). The summed E-state index contributed by atoms with van der Waals surface area (Å²) in [6.45, 7) is 6.34. The summed E-state index contributed by atoms with van der Waals surface area (Å²) >= 11 is 0. The van der Waals surface area contributed by atoms with Crippen LogP contribution in [0.25, 0.3) is 0 Å². The minimum Gasteiger partial charge on any atom is -0.394 e. The Labute approximate surface area is 138 Å². The van der Waals surface area contributed by atoms with E-state index in [0.29, 0.717) is 26.2 Å². The van der Waals surface area contributed by atoms with Gasteiger partial charge in [0, 0.05) is 38.6 Å². The molecule has 1 aromatic carbocycles. The number of ether oxygens (including phenoxy) is 1. The first-order valence-electron chi connectivity index (χ1n) is 8.49. The molecule has 0 bridgehead atoms. The van der Waals surface area contributed by atoms with Gasteiger partial charge in [-0.05, 0) is 12.0 Å². The number of aliphatic hydroxyl groups excluding tert-OH is 1. The van der Waals surface area contributed by atoms with Crippen LogP contribution in [-0.2, 0) is 16.1 Å². The van der Waals surface area contributed by atoms with Crippen molar-refractivity contribution in [2.75, 3.05) is 39.5 Å². The molecule has 1 saturated heterocycles. The Kier molecular flexibility index (Phi) is 7.52. The van der Waals surface area contributed by atoms with Gasteiger partial charge in [-0.3, -0.25) is 9.69 Å². The van der Waals surface area contributed by atoms with Crippen LogP contribution in [0.2, 0.25) is 0 Å².